The second kappa shape index (κ2) is 7.08. The molecule has 0 aliphatic carbocycles. The summed E-state index contributed by atoms with van der Waals surface area (Å²) in [6.07, 6.45) is 1.27. The first-order valence-corrected chi connectivity index (χ1v) is 3.82. The van der Waals surface area contributed by atoms with Crippen molar-refractivity contribution in [3.63, 3.8) is 0 Å². The number of nitrogens with one attached hydrogen (secondary N) is 2. The number of carbonyl (C=O) groups excluding carboxylic acids is 2. The molecule has 2 amide bonds. The topological polar surface area (TPSA) is 95.5 Å². The highest BCUT2D eigenvalue weighted by molar-refractivity contribution is 5.80. The fraction of sp³-hybridized carbons (Fsp3) is 0.571. The number of aliphatic carboxylic acids is 1. The fourth-order valence-electron chi connectivity index (χ4n) is 0.673. The van der Waals surface area contributed by atoms with Crippen LogP contribution in [0.25, 0.3) is 0 Å². The lowest BCUT2D eigenvalue weighted by atomic mass is 10.3. The molecule has 0 aliphatic rings. The molecule has 13 heavy (non-hydrogen) atoms. The Bertz CT molecular complexity index is 193. The minimum Gasteiger partial charge on any atom is -0.480 e. The summed E-state index contributed by atoms with van der Waals surface area (Å²) in [5, 5.41) is 12.8. The number of hydrogen-bond donors (Lipinski definition) is 3. The van der Waals surface area contributed by atoms with Crippen molar-refractivity contribution in [1.29, 1.82) is 0 Å². The third-order valence-corrected chi connectivity index (χ3v) is 1.25. The monoisotopic (exact) mass is 188 g/mol. The summed E-state index contributed by atoms with van der Waals surface area (Å²) in [6.45, 7) is 0.0595. The van der Waals surface area contributed by atoms with Gasteiger partial charge >= 0.3 is 5.97 Å². The zero-order valence-electron chi connectivity index (χ0n) is 7.08. The maximum absolute atomic E-state index is 10.8. The Balaban J connectivity index is 3.30. The van der Waals surface area contributed by atoms with Crippen LogP contribution in [0.4, 0.5) is 0 Å². The highest BCUT2D eigenvalue weighted by atomic mass is 16.4. The highest BCUT2D eigenvalue weighted by Crippen LogP contribution is 1.85. The predicted octanol–water partition coefficient (Wildman–Crippen LogP) is -1.29. The maximum atomic E-state index is 10.8. The Labute approximate surface area is 75.3 Å². The summed E-state index contributed by atoms with van der Waals surface area (Å²) >= 11 is 0. The molecule has 0 unspecified atom stereocenters. The van der Waals surface area contributed by atoms with E-state index in [0.29, 0.717) is 19.4 Å². The number of carboxylic acid groups (broad SMARTS) is 1. The first kappa shape index (κ1) is 11.4. The molecule has 0 atom stereocenters. The fourth-order valence-corrected chi connectivity index (χ4v) is 0.673. The normalized spacial score (nSPS) is 8.92. The van der Waals surface area contributed by atoms with E-state index in [1.807, 2.05) is 0 Å². The molecule has 0 saturated heterocycles. The Kier molecular flexibility index (Phi) is 6.21. The summed E-state index contributed by atoms with van der Waals surface area (Å²) in [7, 11) is 0. The van der Waals surface area contributed by atoms with Crippen molar-refractivity contribution in [2.75, 3.05) is 13.1 Å². The quantitative estimate of drug-likeness (QED) is 0.342. The molecule has 0 radical (unpaired) electrons. The van der Waals surface area contributed by atoms with E-state index in [1.165, 1.54) is 0 Å². The largest absolute Gasteiger partial charge is 0.480 e. The average molecular weight is 188 g/mol. The molecular formula is C7H12N2O4. The van der Waals surface area contributed by atoms with E-state index in [4.69, 9.17) is 5.11 Å². The van der Waals surface area contributed by atoms with Gasteiger partial charge in [-0.3, -0.25) is 14.4 Å². The standard InChI is InChI=1S/C7H12N2O4/c10-5-8-3-1-2-6(11)9-4-7(12)13/h5H,1-4H2,(H,8,10)(H,9,11)(H,12,13). The van der Waals surface area contributed by atoms with E-state index in [0.717, 1.165) is 0 Å². The van der Waals surface area contributed by atoms with Crippen molar-refractivity contribution in [2.45, 2.75) is 12.8 Å². The number of rotatable bonds is 7. The van der Waals surface area contributed by atoms with Gasteiger partial charge in [0.1, 0.15) is 6.54 Å². The van der Waals surface area contributed by atoms with Crippen molar-refractivity contribution in [1.82, 2.24) is 10.6 Å². The maximum Gasteiger partial charge on any atom is 0.322 e. The van der Waals surface area contributed by atoms with E-state index in [1.54, 1.807) is 0 Å². The SMILES string of the molecule is O=CNCCCC(=O)NCC(=O)O. The van der Waals surface area contributed by atoms with Crippen LogP contribution in [-0.4, -0.2) is 36.5 Å². The van der Waals surface area contributed by atoms with Crippen LogP contribution in [0, 0.1) is 0 Å². The molecule has 0 aromatic rings. The first-order chi connectivity index (χ1) is 6.16. The van der Waals surface area contributed by atoms with Gasteiger partial charge < -0.3 is 15.7 Å². The lowest BCUT2D eigenvalue weighted by Gasteiger charge is -2.01. The Morgan fingerprint density at radius 2 is 2.08 bits per heavy atom. The average Bonchev–Trinajstić information content (AvgIpc) is 2.09. The van der Waals surface area contributed by atoms with E-state index in [2.05, 4.69) is 10.6 Å². The molecule has 0 aromatic heterocycles. The lowest BCUT2D eigenvalue weighted by Crippen LogP contribution is -2.29. The van der Waals surface area contributed by atoms with Gasteiger partial charge in [-0.2, -0.15) is 0 Å². The molecule has 74 valence electrons. The van der Waals surface area contributed by atoms with Crippen molar-refractivity contribution >= 4 is 18.3 Å². The number of carbonyl (C=O) groups is 3. The molecule has 0 aromatic carbocycles. The van der Waals surface area contributed by atoms with Crippen LogP contribution in [0.5, 0.6) is 0 Å². The smallest absolute Gasteiger partial charge is 0.322 e. The molecule has 3 N–H and O–H groups in total. The molecular weight excluding hydrogens is 176 g/mol. The molecule has 0 saturated carbocycles. The zero-order chi connectivity index (χ0) is 10.1. The third-order valence-electron chi connectivity index (χ3n) is 1.25. The molecule has 0 bridgehead atoms. The van der Waals surface area contributed by atoms with Gasteiger partial charge in [-0.25, -0.2) is 0 Å². The van der Waals surface area contributed by atoms with Crippen LogP contribution in [0.15, 0.2) is 0 Å². The summed E-state index contributed by atoms with van der Waals surface area (Å²) in [5.74, 6) is -1.39. The lowest BCUT2D eigenvalue weighted by molar-refractivity contribution is -0.137. The van der Waals surface area contributed by atoms with Crippen molar-refractivity contribution in [2.24, 2.45) is 0 Å². The third kappa shape index (κ3) is 8.32. The minimum absolute atomic E-state index is 0.216. The number of carboxylic acids is 1. The molecule has 0 fully saturated rings. The second-order valence-corrected chi connectivity index (χ2v) is 2.35. The van der Waals surface area contributed by atoms with Gasteiger partial charge in [-0.1, -0.05) is 0 Å². The molecule has 6 nitrogen and oxygen atoms in total. The van der Waals surface area contributed by atoms with Crippen LogP contribution in [0.3, 0.4) is 0 Å². The van der Waals surface area contributed by atoms with Gasteiger partial charge in [0.15, 0.2) is 0 Å². The van der Waals surface area contributed by atoms with E-state index < -0.39 is 5.97 Å². The minimum atomic E-state index is -1.07. The van der Waals surface area contributed by atoms with Crippen LogP contribution in [0.1, 0.15) is 12.8 Å². The van der Waals surface area contributed by atoms with Crippen molar-refractivity contribution < 1.29 is 19.5 Å². The number of amides is 2. The zero-order valence-corrected chi connectivity index (χ0v) is 7.08. The van der Waals surface area contributed by atoms with Gasteiger partial charge in [0.2, 0.25) is 12.3 Å². The Morgan fingerprint density at radius 3 is 2.62 bits per heavy atom. The molecule has 0 spiro atoms. The predicted molar refractivity (Wildman–Crippen MR) is 43.9 cm³/mol. The Morgan fingerprint density at radius 1 is 1.38 bits per heavy atom. The molecule has 0 aliphatic heterocycles. The van der Waals surface area contributed by atoms with Gasteiger partial charge in [0.05, 0.1) is 0 Å². The highest BCUT2D eigenvalue weighted by Gasteiger charge is 2.02. The molecule has 0 rings (SSSR count). The summed E-state index contributed by atoms with van der Waals surface area (Å²) < 4.78 is 0. The first-order valence-electron chi connectivity index (χ1n) is 3.82. The number of hydrogen-bond acceptors (Lipinski definition) is 3. The van der Waals surface area contributed by atoms with Crippen LogP contribution in [-0.2, 0) is 14.4 Å². The summed E-state index contributed by atoms with van der Waals surface area (Å²) in [4.78, 5) is 30.6. The summed E-state index contributed by atoms with van der Waals surface area (Å²) in [5.41, 5.74) is 0. The molecule has 6 heteroatoms. The van der Waals surface area contributed by atoms with Crippen LogP contribution >= 0.6 is 0 Å². The van der Waals surface area contributed by atoms with Crippen LogP contribution in [0.2, 0.25) is 0 Å². The van der Waals surface area contributed by atoms with Gasteiger partial charge in [-0.05, 0) is 6.42 Å². The van der Waals surface area contributed by atoms with E-state index in [-0.39, 0.29) is 18.9 Å². The van der Waals surface area contributed by atoms with Crippen molar-refractivity contribution in [3.8, 4) is 0 Å². The van der Waals surface area contributed by atoms with Gasteiger partial charge in [0, 0.05) is 13.0 Å². The van der Waals surface area contributed by atoms with E-state index >= 15 is 0 Å². The van der Waals surface area contributed by atoms with Gasteiger partial charge in [0.25, 0.3) is 0 Å². The summed E-state index contributed by atoms with van der Waals surface area (Å²) in [6, 6.07) is 0. The Hall–Kier alpha value is -1.59. The van der Waals surface area contributed by atoms with Crippen LogP contribution < -0.4 is 10.6 Å². The second-order valence-electron chi connectivity index (χ2n) is 2.35. The van der Waals surface area contributed by atoms with Gasteiger partial charge in [-0.15, -0.1) is 0 Å². The van der Waals surface area contributed by atoms with E-state index in [9.17, 15) is 14.4 Å². The molecule has 0 heterocycles. The van der Waals surface area contributed by atoms with Crippen molar-refractivity contribution in [3.05, 3.63) is 0 Å².